The molecule has 3 rings (SSSR count). The number of sulfonamides is 1. The molecule has 2 aromatic rings. The third-order valence-corrected chi connectivity index (χ3v) is 7.10. The summed E-state index contributed by atoms with van der Waals surface area (Å²) < 4.78 is 28.0. The normalized spacial score (nSPS) is 17.5. The average Bonchev–Trinajstić information content (AvgIpc) is 2.72. The first kappa shape index (κ1) is 20.9. The maximum absolute atomic E-state index is 13.0. The van der Waals surface area contributed by atoms with E-state index in [-0.39, 0.29) is 16.8 Å². The zero-order chi connectivity index (χ0) is 20.0. The van der Waals surface area contributed by atoms with Crippen molar-refractivity contribution in [3.63, 3.8) is 0 Å². The number of fused-ring (bicyclic) bond motifs is 1. The van der Waals surface area contributed by atoms with Gasteiger partial charge in [-0.05, 0) is 61.0 Å². The number of benzene rings is 2. The van der Waals surface area contributed by atoms with Crippen molar-refractivity contribution >= 4 is 27.7 Å². The van der Waals surface area contributed by atoms with Crippen molar-refractivity contribution in [2.75, 3.05) is 12.0 Å². The SMILES string of the molecule is CSCCC(NS(=O)(=O)c1ccccc1)C(=O)NC1CCCc2ccccc21. The molecule has 2 N–H and O–H groups in total. The summed E-state index contributed by atoms with van der Waals surface area (Å²) >= 11 is 1.59. The summed E-state index contributed by atoms with van der Waals surface area (Å²) in [6.45, 7) is 0. The van der Waals surface area contributed by atoms with Gasteiger partial charge in [-0.3, -0.25) is 4.79 Å². The highest BCUT2D eigenvalue weighted by Gasteiger charge is 2.28. The fourth-order valence-corrected chi connectivity index (χ4v) is 5.23. The van der Waals surface area contributed by atoms with Crippen molar-refractivity contribution in [1.82, 2.24) is 10.0 Å². The molecule has 0 bridgehead atoms. The molecule has 0 spiro atoms. The predicted octanol–water partition coefficient (Wildman–Crippen LogP) is 3.28. The first-order valence-electron chi connectivity index (χ1n) is 9.46. The number of nitrogens with one attached hydrogen (secondary N) is 2. The Hall–Kier alpha value is -1.83. The molecule has 0 aromatic heterocycles. The largest absolute Gasteiger partial charge is 0.348 e. The number of thioether (sulfide) groups is 1. The van der Waals surface area contributed by atoms with Gasteiger partial charge in [0.05, 0.1) is 10.9 Å². The van der Waals surface area contributed by atoms with Crippen LogP contribution in [0.2, 0.25) is 0 Å². The van der Waals surface area contributed by atoms with Gasteiger partial charge in [0.25, 0.3) is 0 Å². The van der Waals surface area contributed by atoms with Gasteiger partial charge in [0.1, 0.15) is 6.04 Å². The van der Waals surface area contributed by atoms with E-state index in [0.717, 1.165) is 24.8 Å². The Bertz CT molecular complexity index is 901. The van der Waals surface area contributed by atoms with Crippen LogP contribution in [-0.4, -0.2) is 32.4 Å². The van der Waals surface area contributed by atoms with Crippen molar-refractivity contribution in [2.24, 2.45) is 0 Å². The Balaban J connectivity index is 1.76. The molecular formula is C21H26N2O3S2. The quantitative estimate of drug-likeness (QED) is 0.690. The summed E-state index contributed by atoms with van der Waals surface area (Å²) in [6, 6.07) is 15.4. The molecule has 1 aliphatic carbocycles. The molecule has 5 nitrogen and oxygen atoms in total. The standard InChI is InChI=1S/C21H26N2O3S2/c1-27-15-14-20(23-28(25,26)17-10-3-2-4-11-17)21(24)22-19-13-7-9-16-8-5-6-12-18(16)19/h2-6,8,10-12,19-20,23H,7,9,13-15H2,1H3,(H,22,24). The average molecular weight is 419 g/mol. The van der Waals surface area contributed by atoms with Gasteiger partial charge in [-0.1, -0.05) is 42.5 Å². The van der Waals surface area contributed by atoms with Crippen LogP contribution < -0.4 is 10.0 Å². The van der Waals surface area contributed by atoms with Crippen LogP contribution in [0.5, 0.6) is 0 Å². The van der Waals surface area contributed by atoms with Crippen LogP contribution in [0.25, 0.3) is 0 Å². The Morgan fingerprint density at radius 2 is 1.86 bits per heavy atom. The minimum atomic E-state index is -3.76. The van der Waals surface area contributed by atoms with Crippen molar-refractivity contribution in [2.45, 2.75) is 42.7 Å². The van der Waals surface area contributed by atoms with Gasteiger partial charge in [0.15, 0.2) is 0 Å². The van der Waals surface area contributed by atoms with Crippen molar-refractivity contribution in [3.8, 4) is 0 Å². The number of rotatable bonds is 8. The first-order valence-corrected chi connectivity index (χ1v) is 12.3. The van der Waals surface area contributed by atoms with E-state index in [1.54, 1.807) is 30.0 Å². The highest BCUT2D eigenvalue weighted by atomic mass is 32.2. The van der Waals surface area contributed by atoms with Gasteiger partial charge < -0.3 is 5.32 Å². The summed E-state index contributed by atoms with van der Waals surface area (Å²) in [5, 5.41) is 3.08. The number of aryl methyl sites for hydroxylation is 1. The molecule has 2 atom stereocenters. The number of carbonyl (C=O) groups excluding carboxylic acids is 1. The molecule has 0 radical (unpaired) electrons. The highest BCUT2D eigenvalue weighted by Crippen LogP contribution is 2.29. The van der Waals surface area contributed by atoms with E-state index < -0.39 is 16.1 Å². The minimum Gasteiger partial charge on any atom is -0.348 e. The van der Waals surface area contributed by atoms with E-state index in [1.807, 2.05) is 24.5 Å². The zero-order valence-electron chi connectivity index (χ0n) is 15.9. The molecular weight excluding hydrogens is 392 g/mol. The van der Waals surface area contributed by atoms with Crippen molar-refractivity contribution in [1.29, 1.82) is 0 Å². The Morgan fingerprint density at radius 3 is 2.61 bits per heavy atom. The molecule has 0 saturated heterocycles. The molecule has 28 heavy (non-hydrogen) atoms. The molecule has 0 fully saturated rings. The van der Waals surface area contributed by atoms with E-state index in [0.29, 0.717) is 12.2 Å². The van der Waals surface area contributed by atoms with Gasteiger partial charge in [-0.25, -0.2) is 8.42 Å². The van der Waals surface area contributed by atoms with Crippen molar-refractivity contribution < 1.29 is 13.2 Å². The lowest BCUT2D eigenvalue weighted by Crippen LogP contribution is -2.48. The maximum Gasteiger partial charge on any atom is 0.241 e. The molecule has 0 heterocycles. The lowest BCUT2D eigenvalue weighted by Gasteiger charge is -2.28. The van der Waals surface area contributed by atoms with Crippen LogP contribution in [0.3, 0.4) is 0 Å². The van der Waals surface area contributed by atoms with E-state index in [2.05, 4.69) is 16.1 Å². The first-order chi connectivity index (χ1) is 13.5. The predicted molar refractivity (Wildman–Crippen MR) is 114 cm³/mol. The van der Waals surface area contributed by atoms with Crippen LogP contribution >= 0.6 is 11.8 Å². The smallest absolute Gasteiger partial charge is 0.241 e. The topological polar surface area (TPSA) is 75.3 Å². The second kappa shape index (κ2) is 9.58. The summed E-state index contributed by atoms with van der Waals surface area (Å²) in [7, 11) is -3.76. The lowest BCUT2D eigenvalue weighted by molar-refractivity contribution is -0.123. The molecule has 2 unspecified atom stereocenters. The van der Waals surface area contributed by atoms with Crippen LogP contribution in [0.15, 0.2) is 59.5 Å². The number of hydrogen-bond donors (Lipinski definition) is 2. The van der Waals surface area contributed by atoms with Gasteiger partial charge in [0.2, 0.25) is 15.9 Å². The lowest BCUT2D eigenvalue weighted by atomic mass is 9.87. The second-order valence-corrected chi connectivity index (χ2v) is 9.62. The number of carbonyl (C=O) groups is 1. The van der Waals surface area contributed by atoms with Gasteiger partial charge in [-0.2, -0.15) is 16.5 Å². The Morgan fingerprint density at radius 1 is 1.14 bits per heavy atom. The van der Waals surface area contributed by atoms with E-state index >= 15 is 0 Å². The van der Waals surface area contributed by atoms with Crippen LogP contribution in [-0.2, 0) is 21.2 Å². The van der Waals surface area contributed by atoms with E-state index in [1.165, 1.54) is 17.7 Å². The fraction of sp³-hybridized carbons (Fsp3) is 0.381. The molecule has 0 aliphatic heterocycles. The van der Waals surface area contributed by atoms with E-state index in [9.17, 15) is 13.2 Å². The summed E-state index contributed by atoms with van der Waals surface area (Å²) in [5.41, 5.74) is 2.39. The fourth-order valence-electron chi connectivity index (χ4n) is 3.51. The van der Waals surface area contributed by atoms with Crippen LogP contribution in [0, 0.1) is 0 Å². The van der Waals surface area contributed by atoms with Gasteiger partial charge in [-0.15, -0.1) is 0 Å². The third kappa shape index (κ3) is 5.16. The molecule has 1 amide bonds. The van der Waals surface area contributed by atoms with Crippen LogP contribution in [0.1, 0.15) is 36.4 Å². The summed E-state index contributed by atoms with van der Waals surface area (Å²) in [5.74, 6) is 0.423. The van der Waals surface area contributed by atoms with Crippen LogP contribution in [0.4, 0.5) is 0 Å². The summed E-state index contributed by atoms with van der Waals surface area (Å²) in [4.78, 5) is 13.2. The highest BCUT2D eigenvalue weighted by molar-refractivity contribution is 7.98. The van der Waals surface area contributed by atoms with E-state index in [4.69, 9.17) is 0 Å². The van der Waals surface area contributed by atoms with Gasteiger partial charge >= 0.3 is 0 Å². The second-order valence-electron chi connectivity index (χ2n) is 6.92. The molecule has 150 valence electrons. The molecule has 7 heteroatoms. The monoisotopic (exact) mass is 418 g/mol. The number of hydrogen-bond acceptors (Lipinski definition) is 4. The molecule has 1 aliphatic rings. The minimum absolute atomic E-state index is 0.0736. The summed E-state index contributed by atoms with van der Waals surface area (Å²) in [6.07, 6.45) is 5.27. The number of amides is 1. The zero-order valence-corrected chi connectivity index (χ0v) is 17.6. The van der Waals surface area contributed by atoms with Gasteiger partial charge in [0, 0.05) is 0 Å². The third-order valence-electron chi connectivity index (χ3n) is 4.96. The Kier molecular flexibility index (Phi) is 7.15. The maximum atomic E-state index is 13.0. The van der Waals surface area contributed by atoms with Crippen molar-refractivity contribution in [3.05, 3.63) is 65.7 Å². The molecule has 2 aromatic carbocycles. The Labute approximate surface area is 171 Å². The molecule has 0 saturated carbocycles.